The fraction of sp³-hybridized carbons (Fsp3) is 0.0625. The van der Waals surface area contributed by atoms with Crippen molar-refractivity contribution in [1.29, 1.82) is 0 Å². The Bertz CT molecular complexity index is 1090. The van der Waals surface area contributed by atoms with Crippen LogP contribution in [0.2, 0.25) is 5.02 Å². The Morgan fingerprint density at radius 3 is 2.68 bits per heavy atom. The summed E-state index contributed by atoms with van der Waals surface area (Å²) in [7, 11) is -4.02. The van der Waals surface area contributed by atoms with Gasteiger partial charge in [0, 0.05) is 11.1 Å². The smallest absolute Gasteiger partial charge is 0.264 e. The third-order valence-electron chi connectivity index (χ3n) is 3.46. The lowest BCUT2D eigenvalue weighted by Crippen LogP contribution is -2.29. The number of aromatic nitrogens is 3. The van der Waals surface area contributed by atoms with Crippen LogP contribution in [0.1, 0.15) is 12.5 Å². The van der Waals surface area contributed by atoms with Gasteiger partial charge in [-0.1, -0.05) is 23.7 Å². The van der Waals surface area contributed by atoms with Gasteiger partial charge in [0.1, 0.15) is 11.0 Å². The van der Waals surface area contributed by atoms with Crippen molar-refractivity contribution in [2.45, 2.75) is 11.8 Å². The molecule has 0 saturated carbocycles. The molecule has 2 aromatic carbocycles. The summed E-state index contributed by atoms with van der Waals surface area (Å²) in [6.07, 6.45) is 1.21. The van der Waals surface area contributed by atoms with Gasteiger partial charge in [-0.2, -0.15) is 15.4 Å². The number of nitrogens with one attached hydrogen (secondary N) is 2. The van der Waals surface area contributed by atoms with Gasteiger partial charge in [0.2, 0.25) is 0 Å². The molecule has 0 saturated heterocycles. The summed E-state index contributed by atoms with van der Waals surface area (Å²) in [6, 6.07) is 11.1. The van der Waals surface area contributed by atoms with Gasteiger partial charge >= 0.3 is 0 Å². The minimum absolute atomic E-state index is 0.0731. The van der Waals surface area contributed by atoms with E-state index in [4.69, 9.17) is 11.6 Å². The van der Waals surface area contributed by atoms with Gasteiger partial charge in [0.05, 0.1) is 4.90 Å². The average molecular weight is 377 g/mol. The maximum atomic E-state index is 12.3. The van der Waals surface area contributed by atoms with Crippen LogP contribution in [0.15, 0.2) is 53.4 Å². The van der Waals surface area contributed by atoms with E-state index in [9.17, 15) is 13.2 Å². The van der Waals surface area contributed by atoms with E-state index in [2.05, 4.69) is 15.4 Å². The van der Waals surface area contributed by atoms with E-state index in [0.29, 0.717) is 21.6 Å². The number of carbonyl (C=O) groups is 1. The van der Waals surface area contributed by atoms with Gasteiger partial charge in [-0.05, 0) is 48.4 Å². The van der Waals surface area contributed by atoms with Crippen LogP contribution in [0.4, 0.5) is 0 Å². The Hall–Kier alpha value is -2.71. The fourth-order valence-electron chi connectivity index (χ4n) is 2.22. The number of allylic oxidation sites excluding steroid dienone is 1. The predicted molar refractivity (Wildman–Crippen MR) is 94.3 cm³/mol. The Kier molecular flexibility index (Phi) is 4.56. The number of nitrogens with zero attached hydrogens (tertiary/aromatic N) is 2. The summed E-state index contributed by atoms with van der Waals surface area (Å²) in [5.74, 6) is -0.752. The number of halogens is 1. The zero-order valence-corrected chi connectivity index (χ0v) is 14.6. The molecule has 1 aromatic heterocycles. The number of hydrogen-bond donors (Lipinski definition) is 2. The average Bonchev–Trinajstić information content (AvgIpc) is 3.01. The highest BCUT2D eigenvalue weighted by molar-refractivity contribution is 7.90. The highest BCUT2D eigenvalue weighted by atomic mass is 35.5. The van der Waals surface area contributed by atoms with E-state index in [1.54, 1.807) is 31.2 Å². The number of benzene rings is 2. The largest absolute Gasteiger partial charge is 0.269 e. The number of fused-ring (bicyclic) bond motifs is 1. The quantitative estimate of drug-likeness (QED) is 0.681. The normalized spacial score (nSPS) is 12.3. The summed E-state index contributed by atoms with van der Waals surface area (Å²) < 4.78 is 26.7. The van der Waals surface area contributed by atoms with Crippen molar-refractivity contribution >= 4 is 44.1 Å². The molecular formula is C16H13ClN4O3S. The van der Waals surface area contributed by atoms with Crippen molar-refractivity contribution in [3.05, 3.63) is 59.1 Å². The minimum Gasteiger partial charge on any atom is -0.269 e. The van der Waals surface area contributed by atoms with Gasteiger partial charge in [0.25, 0.3) is 15.9 Å². The zero-order chi connectivity index (χ0) is 18.0. The van der Waals surface area contributed by atoms with Crippen LogP contribution in [0.5, 0.6) is 0 Å². The minimum atomic E-state index is -4.02. The molecule has 3 aromatic rings. The van der Waals surface area contributed by atoms with Crippen molar-refractivity contribution in [3.8, 4) is 0 Å². The molecule has 0 unspecified atom stereocenters. The molecule has 0 aliphatic carbocycles. The lowest BCUT2D eigenvalue weighted by molar-refractivity contribution is -0.114. The third-order valence-corrected chi connectivity index (χ3v) is 5.04. The van der Waals surface area contributed by atoms with Gasteiger partial charge in [-0.15, -0.1) is 0 Å². The molecule has 0 bridgehead atoms. The molecule has 1 amide bonds. The fourth-order valence-corrected chi connectivity index (χ4v) is 3.37. The van der Waals surface area contributed by atoms with Crippen molar-refractivity contribution in [3.63, 3.8) is 0 Å². The van der Waals surface area contributed by atoms with Crippen LogP contribution in [0, 0.1) is 0 Å². The maximum absolute atomic E-state index is 12.3. The molecule has 3 rings (SSSR count). The molecule has 0 spiro atoms. The van der Waals surface area contributed by atoms with Gasteiger partial charge in [-0.3, -0.25) is 4.79 Å². The Morgan fingerprint density at radius 1 is 1.16 bits per heavy atom. The monoisotopic (exact) mass is 376 g/mol. The van der Waals surface area contributed by atoms with E-state index in [1.165, 1.54) is 24.3 Å². The van der Waals surface area contributed by atoms with Crippen LogP contribution in [-0.4, -0.2) is 29.7 Å². The lowest BCUT2D eigenvalue weighted by atomic mass is 10.1. The topological polar surface area (TPSA) is 105 Å². The number of amides is 1. The number of hydrogen-bond acceptors (Lipinski definition) is 5. The molecule has 0 aliphatic rings. The third kappa shape index (κ3) is 3.86. The maximum Gasteiger partial charge on any atom is 0.264 e. The van der Waals surface area contributed by atoms with Crippen LogP contribution in [0.25, 0.3) is 16.6 Å². The highest BCUT2D eigenvalue weighted by Crippen LogP contribution is 2.19. The van der Waals surface area contributed by atoms with Gasteiger partial charge < -0.3 is 0 Å². The van der Waals surface area contributed by atoms with E-state index in [1.807, 2.05) is 4.72 Å². The van der Waals surface area contributed by atoms with Crippen LogP contribution in [0.3, 0.4) is 0 Å². The van der Waals surface area contributed by atoms with Crippen LogP contribution >= 0.6 is 11.6 Å². The molecule has 7 nitrogen and oxygen atoms in total. The first-order valence-corrected chi connectivity index (χ1v) is 9.03. The van der Waals surface area contributed by atoms with Gasteiger partial charge in [0.15, 0.2) is 0 Å². The van der Waals surface area contributed by atoms with Crippen molar-refractivity contribution < 1.29 is 13.2 Å². The van der Waals surface area contributed by atoms with Crippen molar-refractivity contribution in [2.75, 3.05) is 0 Å². The van der Waals surface area contributed by atoms with Crippen molar-refractivity contribution in [1.82, 2.24) is 20.1 Å². The lowest BCUT2D eigenvalue weighted by Gasteiger charge is -2.06. The van der Waals surface area contributed by atoms with Gasteiger partial charge in [-0.25, -0.2) is 13.1 Å². The summed E-state index contributed by atoms with van der Waals surface area (Å²) in [5.41, 5.74) is 2.23. The molecule has 0 atom stereocenters. The first kappa shape index (κ1) is 17.1. The molecular weight excluding hydrogens is 364 g/mol. The van der Waals surface area contributed by atoms with Crippen LogP contribution < -0.4 is 4.72 Å². The first-order valence-electron chi connectivity index (χ1n) is 7.17. The second-order valence-electron chi connectivity index (χ2n) is 5.28. The molecule has 128 valence electrons. The van der Waals surface area contributed by atoms with E-state index < -0.39 is 15.9 Å². The SMILES string of the molecule is CC(=CC(=O)NS(=O)(=O)c1ccc2n[nH]nc2c1)c1cccc(Cl)c1. The summed E-state index contributed by atoms with van der Waals surface area (Å²) in [6.45, 7) is 1.69. The first-order chi connectivity index (χ1) is 11.8. The van der Waals surface area contributed by atoms with E-state index >= 15 is 0 Å². The Balaban J connectivity index is 1.82. The standard InChI is InChI=1S/C16H13ClN4O3S/c1-10(11-3-2-4-12(17)8-11)7-16(22)20-25(23,24)13-5-6-14-15(9-13)19-21-18-14/h2-9H,1H3,(H,20,22)(H,18,19,21). The molecule has 1 heterocycles. The number of sulfonamides is 1. The van der Waals surface area contributed by atoms with Crippen molar-refractivity contribution in [2.24, 2.45) is 0 Å². The second-order valence-corrected chi connectivity index (χ2v) is 7.40. The summed E-state index contributed by atoms with van der Waals surface area (Å²) >= 11 is 5.91. The Labute approximate surface area is 148 Å². The molecule has 9 heteroatoms. The zero-order valence-electron chi connectivity index (χ0n) is 13.0. The highest BCUT2D eigenvalue weighted by Gasteiger charge is 2.18. The van der Waals surface area contributed by atoms with Crippen LogP contribution in [-0.2, 0) is 14.8 Å². The number of aromatic amines is 1. The Morgan fingerprint density at radius 2 is 1.92 bits per heavy atom. The molecule has 25 heavy (non-hydrogen) atoms. The molecule has 2 N–H and O–H groups in total. The predicted octanol–water partition coefficient (Wildman–Crippen LogP) is 2.52. The second kappa shape index (κ2) is 6.66. The van der Waals surface area contributed by atoms with E-state index in [-0.39, 0.29) is 4.90 Å². The molecule has 0 radical (unpaired) electrons. The number of rotatable bonds is 4. The molecule has 0 aliphatic heterocycles. The van der Waals surface area contributed by atoms with E-state index in [0.717, 1.165) is 5.56 Å². The summed E-state index contributed by atoms with van der Waals surface area (Å²) in [4.78, 5) is 12.0. The number of carbonyl (C=O) groups excluding carboxylic acids is 1. The summed E-state index contributed by atoms with van der Waals surface area (Å²) in [5, 5.41) is 10.6. The molecule has 0 fully saturated rings. The number of H-pyrrole nitrogens is 1.